The SMILES string of the molecule is COc1ccc(-c2sc(CO)nc2C)cc1Cl. The van der Waals surface area contributed by atoms with Crippen molar-refractivity contribution >= 4 is 22.9 Å². The lowest BCUT2D eigenvalue weighted by atomic mass is 10.1. The first kappa shape index (κ1) is 12.4. The second kappa shape index (κ2) is 5.04. The molecule has 0 atom stereocenters. The third kappa shape index (κ3) is 2.44. The van der Waals surface area contributed by atoms with Gasteiger partial charge in [0.25, 0.3) is 0 Å². The van der Waals surface area contributed by atoms with E-state index in [1.165, 1.54) is 11.3 Å². The van der Waals surface area contributed by atoms with E-state index in [0.29, 0.717) is 15.8 Å². The predicted octanol–water partition coefficient (Wildman–Crippen LogP) is 3.27. The number of hydrogen-bond acceptors (Lipinski definition) is 4. The molecule has 1 heterocycles. The topological polar surface area (TPSA) is 42.4 Å². The summed E-state index contributed by atoms with van der Waals surface area (Å²) in [7, 11) is 1.59. The third-order valence-corrected chi connectivity index (χ3v) is 3.88. The fraction of sp³-hybridized carbons (Fsp3) is 0.250. The zero-order valence-corrected chi connectivity index (χ0v) is 11.1. The van der Waals surface area contributed by atoms with E-state index in [1.807, 2.05) is 25.1 Å². The lowest BCUT2D eigenvalue weighted by molar-refractivity contribution is 0.281. The van der Waals surface area contributed by atoms with Crippen molar-refractivity contribution in [2.45, 2.75) is 13.5 Å². The number of methoxy groups -OCH3 is 1. The van der Waals surface area contributed by atoms with Gasteiger partial charge in [0.1, 0.15) is 10.8 Å². The predicted molar refractivity (Wildman–Crippen MR) is 69.8 cm³/mol. The average molecular weight is 270 g/mol. The Morgan fingerprint density at radius 1 is 1.47 bits per heavy atom. The molecule has 1 aromatic heterocycles. The number of aryl methyl sites for hydroxylation is 1. The van der Waals surface area contributed by atoms with E-state index in [9.17, 15) is 0 Å². The third-order valence-electron chi connectivity index (χ3n) is 2.39. The molecule has 0 bridgehead atoms. The van der Waals surface area contributed by atoms with Gasteiger partial charge in [0.05, 0.1) is 29.3 Å². The number of halogens is 1. The van der Waals surface area contributed by atoms with E-state index < -0.39 is 0 Å². The van der Waals surface area contributed by atoms with E-state index in [1.54, 1.807) is 7.11 Å². The molecule has 0 amide bonds. The van der Waals surface area contributed by atoms with Crippen LogP contribution in [0.2, 0.25) is 5.02 Å². The minimum Gasteiger partial charge on any atom is -0.495 e. The molecule has 1 aromatic carbocycles. The van der Waals surface area contributed by atoms with Gasteiger partial charge in [-0.05, 0) is 30.7 Å². The van der Waals surface area contributed by atoms with Crippen molar-refractivity contribution in [2.24, 2.45) is 0 Å². The van der Waals surface area contributed by atoms with Crippen LogP contribution in [-0.4, -0.2) is 17.2 Å². The Hall–Kier alpha value is -1.10. The molecule has 0 aliphatic rings. The zero-order chi connectivity index (χ0) is 12.4. The lowest BCUT2D eigenvalue weighted by Gasteiger charge is -2.04. The number of ether oxygens (including phenoxy) is 1. The lowest BCUT2D eigenvalue weighted by Crippen LogP contribution is -1.85. The van der Waals surface area contributed by atoms with Crippen molar-refractivity contribution in [3.8, 4) is 16.2 Å². The maximum absolute atomic E-state index is 9.06. The van der Waals surface area contributed by atoms with Crippen LogP contribution in [0.4, 0.5) is 0 Å². The second-order valence-electron chi connectivity index (χ2n) is 3.53. The van der Waals surface area contributed by atoms with Crippen LogP contribution in [0.5, 0.6) is 5.75 Å². The smallest absolute Gasteiger partial charge is 0.137 e. The van der Waals surface area contributed by atoms with Gasteiger partial charge in [-0.1, -0.05) is 11.6 Å². The molecule has 5 heteroatoms. The van der Waals surface area contributed by atoms with Gasteiger partial charge < -0.3 is 9.84 Å². The van der Waals surface area contributed by atoms with Gasteiger partial charge in [0, 0.05) is 0 Å². The highest BCUT2D eigenvalue weighted by Gasteiger charge is 2.11. The summed E-state index contributed by atoms with van der Waals surface area (Å²) >= 11 is 7.56. The summed E-state index contributed by atoms with van der Waals surface area (Å²) in [5.41, 5.74) is 1.89. The number of rotatable bonds is 3. The van der Waals surface area contributed by atoms with Crippen LogP contribution in [0, 0.1) is 6.92 Å². The molecule has 0 aliphatic heterocycles. The Morgan fingerprint density at radius 2 is 2.24 bits per heavy atom. The molecule has 90 valence electrons. The highest BCUT2D eigenvalue weighted by molar-refractivity contribution is 7.15. The molecule has 2 rings (SSSR count). The van der Waals surface area contributed by atoms with Crippen LogP contribution in [0.25, 0.3) is 10.4 Å². The number of aliphatic hydroxyl groups excluding tert-OH is 1. The van der Waals surface area contributed by atoms with Crippen LogP contribution >= 0.6 is 22.9 Å². The first-order chi connectivity index (χ1) is 8.15. The molecule has 1 N–H and O–H groups in total. The van der Waals surface area contributed by atoms with Crippen molar-refractivity contribution in [1.82, 2.24) is 4.98 Å². The van der Waals surface area contributed by atoms with Crippen LogP contribution in [0.3, 0.4) is 0 Å². The maximum atomic E-state index is 9.06. The summed E-state index contributed by atoms with van der Waals surface area (Å²) in [5, 5.41) is 10.3. The molecule has 2 aromatic rings. The van der Waals surface area contributed by atoms with Crippen molar-refractivity contribution in [1.29, 1.82) is 0 Å². The summed E-state index contributed by atoms with van der Waals surface area (Å²) in [6.45, 7) is 1.89. The first-order valence-electron chi connectivity index (χ1n) is 5.06. The minimum absolute atomic E-state index is 0.0323. The molecule has 0 fully saturated rings. The molecule has 0 radical (unpaired) electrons. The Labute approximate surface area is 109 Å². The van der Waals surface area contributed by atoms with E-state index in [-0.39, 0.29) is 6.61 Å². The van der Waals surface area contributed by atoms with Gasteiger partial charge in [-0.25, -0.2) is 4.98 Å². The monoisotopic (exact) mass is 269 g/mol. The molecular weight excluding hydrogens is 258 g/mol. The summed E-state index contributed by atoms with van der Waals surface area (Å²) in [6, 6.07) is 5.61. The van der Waals surface area contributed by atoms with Crippen molar-refractivity contribution in [3.05, 3.63) is 33.9 Å². The van der Waals surface area contributed by atoms with E-state index >= 15 is 0 Å². The van der Waals surface area contributed by atoms with E-state index in [2.05, 4.69) is 4.98 Å². The van der Waals surface area contributed by atoms with E-state index in [4.69, 9.17) is 21.4 Å². The van der Waals surface area contributed by atoms with Gasteiger partial charge in [-0.2, -0.15) is 0 Å². The van der Waals surface area contributed by atoms with Crippen LogP contribution in [0.15, 0.2) is 18.2 Å². The van der Waals surface area contributed by atoms with Crippen LogP contribution in [0.1, 0.15) is 10.7 Å². The molecule has 17 heavy (non-hydrogen) atoms. The quantitative estimate of drug-likeness (QED) is 0.930. The van der Waals surface area contributed by atoms with Gasteiger partial charge in [0.2, 0.25) is 0 Å². The summed E-state index contributed by atoms with van der Waals surface area (Å²) in [5.74, 6) is 0.653. The second-order valence-corrected chi connectivity index (χ2v) is 5.02. The molecule has 0 spiro atoms. The Kier molecular flexibility index (Phi) is 3.66. The highest BCUT2D eigenvalue weighted by Crippen LogP contribution is 2.34. The summed E-state index contributed by atoms with van der Waals surface area (Å²) in [4.78, 5) is 5.30. The average Bonchev–Trinajstić information content (AvgIpc) is 2.70. The number of hydrogen-bond donors (Lipinski definition) is 1. The summed E-state index contributed by atoms with van der Waals surface area (Å²) in [6.07, 6.45) is 0. The van der Waals surface area contributed by atoms with Crippen molar-refractivity contribution < 1.29 is 9.84 Å². The molecule has 0 aliphatic carbocycles. The Bertz CT molecular complexity index is 539. The fourth-order valence-electron chi connectivity index (χ4n) is 1.60. The van der Waals surface area contributed by atoms with Crippen molar-refractivity contribution in [3.63, 3.8) is 0 Å². The fourth-order valence-corrected chi connectivity index (χ4v) is 2.77. The van der Waals surface area contributed by atoms with Crippen LogP contribution < -0.4 is 4.74 Å². The number of aromatic nitrogens is 1. The molecule has 0 saturated carbocycles. The molecular formula is C12H12ClNO2S. The molecule has 3 nitrogen and oxygen atoms in total. The number of nitrogens with zero attached hydrogens (tertiary/aromatic N) is 1. The van der Waals surface area contributed by atoms with Gasteiger partial charge >= 0.3 is 0 Å². The van der Waals surface area contributed by atoms with Gasteiger partial charge in [0.15, 0.2) is 0 Å². The summed E-state index contributed by atoms with van der Waals surface area (Å²) < 4.78 is 5.11. The first-order valence-corrected chi connectivity index (χ1v) is 6.26. The Morgan fingerprint density at radius 3 is 2.76 bits per heavy atom. The van der Waals surface area contributed by atoms with Crippen molar-refractivity contribution in [2.75, 3.05) is 7.11 Å². The maximum Gasteiger partial charge on any atom is 0.137 e. The molecule has 0 unspecified atom stereocenters. The zero-order valence-electron chi connectivity index (χ0n) is 9.53. The van der Waals surface area contributed by atoms with Gasteiger partial charge in [-0.3, -0.25) is 0 Å². The van der Waals surface area contributed by atoms with Gasteiger partial charge in [-0.15, -0.1) is 11.3 Å². The number of aliphatic hydroxyl groups is 1. The highest BCUT2D eigenvalue weighted by atomic mass is 35.5. The molecule has 0 saturated heterocycles. The minimum atomic E-state index is -0.0323. The number of benzene rings is 1. The Balaban J connectivity index is 2.45. The normalized spacial score (nSPS) is 10.6. The number of thiazole rings is 1. The standard InChI is InChI=1S/C12H12ClNO2S/c1-7-12(17-11(6-15)14-7)8-3-4-10(16-2)9(13)5-8/h3-5,15H,6H2,1-2H3. The largest absolute Gasteiger partial charge is 0.495 e. The van der Waals surface area contributed by atoms with E-state index in [0.717, 1.165) is 16.1 Å². The van der Waals surface area contributed by atoms with Crippen LogP contribution in [-0.2, 0) is 6.61 Å².